The lowest BCUT2D eigenvalue weighted by Crippen LogP contribution is -2.22. The second-order valence-electron chi connectivity index (χ2n) is 5.11. The van der Waals surface area contributed by atoms with Crippen molar-refractivity contribution in [2.24, 2.45) is 0 Å². The number of methoxy groups -OCH3 is 1. The van der Waals surface area contributed by atoms with Crippen LogP contribution in [0, 0.1) is 18.2 Å². The van der Waals surface area contributed by atoms with E-state index in [4.69, 9.17) is 6.42 Å². The van der Waals surface area contributed by atoms with Crippen molar-refractivity contribution in [3.05, 3.63) is 65.5 Å². The predicted octanol–water partition coefficient (Wildman–Crippen LogP) is 3.18. The van der Waals surface area contributed by atoms with Gasteiger partial charge in [-0.15, -0.1) is 6.42 Å². The first-order valence-electron chi connectivity index (χ1n) is 7.21. The van der Waals surface area contributed by atoms with Gasteiger partial charge in [-0.3, -0.25) is 4.79 Å². The summed E-state index contributed by atoms with van der Waals surface area (Å²) in [5.41, 5.74) is 2.80. The van der Waals surface area contributed by atoms with Gasteiger partial charge < -0.3 is 9.64 Å². The van der Waals surface area contributed by atoms with Gasteiger partial charge in [0.25, 0.3) is 0 Å². The number of halogens is 1. The molecule has 0 bridgehead atoms. The van der Waals surface area contributed by atoms with Crippen LogP contribution < -0.4 is 4.90 Å². The van der Waals surface area contributed by atoms with Crippen molar-refractivity contribution < 1.29 is 13.9 Å². The Hall–Kier alpha value is -2.80. The number of terminal acetylenes is 1. The monoisotopic (exact) mass is 311 g/mol. The minimum Gasteiger partial charge on any atom is -0.469 e. The minimum absolute atomic E-state index is 0.240. The van der Waals surface area contributed by atoms with E-state index >= 15 is 0 Å². The van der Waals surface area contributed by atoms with Gasteiger partial charge >= 0.3 is 5.97 Å². The van der Waals surface area contributed by atoms with Crippen LogP contribution in [0.2, 0.25) is 0 Å². The first-order chi connectivity index (χ1) is 11.1. The molecule has 0 unspecified atom stereocenters. The molecule has 0 N–H and O–H groups in total. The first-order valence-corrected chi connectivity index (χ1v) is 7.21. The van der Waals surface area contributed by atoms with Gasteiger partial charge in [-0.1, -0.05) is 30.2 Å². The lowest BCUT2D eigenvalue weighted by Gasteiger charge is -2.23. The molecule has 0 heterocycles. The van der Waals surface area contributed by atoms with Crippen LogP contribution in [0.3, 0.4) is 0 Å². The molecular weight excluding hydrogens is 293 g/mol. The molecule has 0 amide bonds. The van der Waals surface area contributed by atoms with Gasteiger partial charge in [0.1, 0.15) is 5.82 Å². The lowest BCUT2D eigenvalue weighted by molar-refractivity contribution is -0.139. The molecule has 3 nitrogen and oxygen atoms in total. The fourth-order valence-corrected chi connectivity index (χ4v) is 2.22. The summed E-state index contributed by atoms with van der Waals surface area (Å²) in [6.45, 7) is 1.02. The van der Waals surface area contributed by atoms with E-state index in [1.165, 1.54) is 19.2 Å². The highest BCUT2D eigenvalue weighted by molar-refractivity contribution is 5.72. The molecule has 0 saturated heterocycles. The van der Waals surface area contributed by atoms with Crippen LogP contribution in [-0.4, -0.2) is 19.6 Å². The van der Waals surface area contributed by atoms with Crippen LogP contribution in [0.4, 0.5) is 10.1 Å². The molecule has 0 atom stereocenters. The Morgan fingerprint density at radius 1 is 1.13 bits per heavy atom. The number of hydrogen-bond donors (Lipinski definition) is 0. The van der Waals surface area contributed by atoms with E-state index in [0.717, 1.165) is 16.8 Å². The van der Waals surface area contributed by atoms with E-state index in [-0.39, 0.29) is 18.2 Å². The number of nitrogens with zero attached hydrogens (tertiary/aromatic N) is 1. The third-order valence-electron chi connectivity index (χ3n) is 3.45. The highest BCUT2D eigenvalue weighted by atomic mass is 19.1. The maximum absolute atomic E-state index is 13.0. The van der Waals surface area contributed by atoms with Gasteiger partial charge in [-0.05, 0) is 35.4 Å². The maximum atomic E-state index is 13.0. The zero-order valence-corrected chi connectivity index (χ0v) is 13.0. The van der Waals surface area contributed by atoms with E-state index in [1.54, 1.807) is 12.1 Å². The average molecular weight is 311 g/mol. The van der Waals surface area contributed by atoms with Gasteiger partial charge in [-0.2, -0.15) is 0 Å². The Bertz CT molecular complexity index is 687. The van der Waals surface area contributed by atoms with Gasteiger partial charge in [0.15, 0.2) is 0 Å². The minimum atomic E-state index is -0.274. The van der Waals surface area contributed by atoms with Crippen LogP contribution >= 0.6 is 0 Å². The number of carbonyl (C=O) groups is 1. The molecule has 4 heteroatoms. The van der Waals surface area contributed by atoms with E-state index in [0.29, 0.717) is 13.1 Å². The normalized spacial score (nSPS) is 9.96. The molecule has 0 aliphatic rings. The number of carbonyl (C=O) groups excluding carboxylic acids is 1. The van der Waals surface area contributed by atoms with E-state index < -0.39 is 0 Å². The molecule has 0 saturated carbocycles. The van der Waals surface area contributed by atoms with Crippen molar-refractivity contribution in [1.82, 2.24) is 0 Å². The fourth-order valence-electron chi connectivity index (χ4n) is 2.22. The largest absolute Gasteiger partial charge is 0.469 e. The van der Waals surface area contributed by atoms with E-state index in [1.807, 2.05) is 29.2 Å². The summed E-state index contributed by atoms with van der Waals surface area (Å²) < 4.78 is 17.6. The topological polar surface area (TPSA) is 29.5 Å². The Morgan fingerprint density at radius 2 is 1.74 bits per heavy atom. The molecule has 2 aromatic rings. The van der Waals surface area contributed by atoms with Crippen LogP contribution in [-0.2, 0) is 22.5 Å². The summed E-state index contributed by atoms with van der Waals surface area (Å²) in [5, 5.41) is 0. The molecule has 118 valence electrons. The number of esters is 1. The Balaban J connectivity index is 2.12. The molecule has 2 aromatic carbocycles. The van der Waals surface area contributed by atoms with Crippen LogP contribution in [0.5, 0.6) is 0 Å². The predicted molar refractivity (Wildman–Crippen MR) is 88.4 cm³/mol. The second kappa shape index (κ2) is 8.00. The zero-order valence-electron chi connectivity index (χ0n) is 13.0. The number of ether oxygens (including phenoxy) is 1. The second-order valence-corrected chi connectivity index (χ2v) is 5.11. The molecule has 0 fully saturated rings. The van der Waals surface area contributed by atoms with Gasteiger partial charge in [0.2, 0.25) is 0 Å². The summed E-state index contributed by atoms with van der Waals surface area (Å²) in [4.78, 5) is 13.3. The quantitative estimate of drug-likeness (QED) is 0.606. The molecule has 0 aliphatic heterocycles. The molecule has 23 heavy (non-hydrogen) atoms. The zero-order chi connectivity index (χ0) is 16.7. The average Bonchev–Trinajstić information content (AvgIpc) is 2.57. The van der Waals surface area contributed by atoms with Crippen LogP contribution in [0.15, 0.2) is 48.5 Å². The van der Waals surface area contributed by atoms with E-state index in [9.17, 15) is 9.18 Å². The summed E-state index contributed by atoms with van der Waals surface area (Å²) in [6.07, 6.45) is 5.69. The Labute approximate surface area is 135 Å². The van der Waals surface area contributed by atoms with Crippen LogP contribution in [0.1, 0.15) is 11.1 Å². The molecule has 0 aliphatic carbocycles. The van der Waals surface area contributed by atoms with Crippen molar-refractivity contribution in [3.8, 4) is 12.3 Å². The molecule has 0 spiro atoms. The van der Waals surface area contributed by atoms with Crippen molar-refractivity contribution in [2.45, 2.75) is 13.0 Å². The number of hydrogen-bond acceptors (Lipinski definition) is 3. The molecular formula is C19H18FNO2. The highest BCUT2D eigenvalue weighted by Gasteiger charge is 2.08. The third kappa shape index (κ3) is 4.86. The smallest absolute Gasteiger partial charge is 0.309 e. The van der Waals surface area contributed by atoms with Gasteiger partial charge in [0, 0.05) is 12.2 Å². The van der Waals surface area contributed by atoms with Crippen molar-refractivity contribution in [2.75, 3.05) is 18.6 Å². The molecule has 0 radical (unpaired) electrons. The Kier molecular flexibility index (Phi) is 5.76. The van der Waals surface area contributed by atoms with Crippen molar-refractivity contribution >= 4 is 11.7 Å². The summed E-state index contributed by atoms with van der Waals surface area (Å²) in [6, 6.07) is 13.9. The van der Waals surface area contributed by atoms with Gasteiger partial charge in [-0.25, -0.2) is 4.39 Å². The summed E-state index contributed by atoms with van der Waals surface area (Å²) in [7, 11) is 1.37. The molecule has 2 rings (SSSR count). The van der Waals surface area contributed by atoms with Crippen LogP contribution in [0.25, 0.3) is 0 Å². The first kappa shape index (κ1) is 16.6. The summed E-state index contributed by atoms with van der Waals surface area (Å²) in [5.74, 6) is 2.10. The van der Waals surface area contributed by atoms with Crippen molar-refractivity contribution in [1.29, 1.82) is 0 Å². The Morgan fingerprint density at radius 3 is 2.30 bits per heavy atom. The summed E-state index contributed by atoms with van der Waals surface area (Å²) >= 11 is 0. The lowest BCUT2D eigenvalue weighted by atomic mass is 10.1. The van der Waals surface area contributed by atoms with Crippen molar-refractivity contribution in [3.63, 3.8) is 0 Å². The maximum Gasteiger partial charge on any atom is 0.309 e. The molecule has 0 aromatic heterocycles. The standard InChI is InChI=1S/C19H18FNO2/c1-3-12-21(14-16-4-8-17(20)9-5-16)18-10-6-15(7-11-18)13-19(22)23-2/h1,4-11H,12-14H2,2H3. The number of rotatable bonds is 6. The number of anilines is 1. The SMILES string of the molecule is C#CCN(Cc1ccc(F)cc1)c1ccc(CC(=O)OC)cc1. The number of benzene rings is 2. The third-order valence-corrected chi connectivity index (χ3v) is 3.45. The van der Waals surface area contributed by atoms with E-state index in [2.05, 4.69) is 10.7 Å². The fraction of sp³-hybridized carbons (Fsp3) is 0.211. The highest BCUT2D eigenvalue weighted by Crippen LogP contribution is 2.18. The van der Waals surface area contributed by atoms with Gasteiger partial charge in [0.05, 0.1) is 20.1 Å².